The molecule has 6 nitrogen and oxygen atoms in total. The Morgan fingerprint density at radius 3 is 2.16 bits per heavy atom. The zero-order chi connectivity index (χ0) is 23.0. The van der Waals surface area contributed by atoms with Crippen molar-refractivity contribution in [3.05, 3.63) is 59.2 Å². The van der Waals surface area contributed by atoms with E-state index in [1.165, 1.54) is 49.7 Å². The van der Waals surface area contributed by atoms with E-state index >= 15 is 0 Å². The Morgan fingerprint density at radius 1 is 0.938 bits per heavy atom. The molecule has 0 aromatic heterocycles. The first-order chi connectivity index (χ1) is 15.4. The van der Waals surface area contributed by atoms with Crippen molar-refractivity contribution in [2.24, 2.45) is 0 Å². The number of benzene rings is 2. The largest absolute Gasteiger partial charge is 0.506 e. The fourth-order valence-electron chi connectivity index (χ4n) is 4.07. The van der Waals surface area contributed by atoms with E-state index in [-0.39, 0.29) is 18.0 Å². The van der Waals surface area contributed by atoms with Gasteiger partial charge in [-0.15, -0.1) is 0 Å². The molecule has 0 amide bonds. The summed E-state index contributed by atoms with van der Waals surface area (Å²) in [5.74, 6) is -0.103. The molecule has 1 fully saturated rings. The second-order valence-electron chi connectivity index (χ2n) is 8.55. The van der Waals surface area contributed by atoms with Gasteiger partial charge in [0.2, 0.25) is 0 Å². The predicted molar refractivity (Wildman–Crippen MR) is 128 cm³/mol. The Labute approximate surface area is 191 Å². The van der Waals surface area contributed by atoms with E-state index in [2.05, 4.69) is 35.9 Å². The van der Waals surface area contributed by atoms with Gasteiger partial charge in [-0.05, 0) is 54.5 Å². The van der Waals surface area contributed by atoms with Gasteiger partial charge in [0.1, 0.15) is 12.0 Å². The fourth-order valence-corrected chi connectivity index (χ4v) is 5.48. The summed E-state index contributed by atoms with van der Waals surface area (Å²) in [6.07, 6.45) is 11.1. The third-order valence-electron chi connectivity index (χ3n) is 5.97. The van der Waals surface area contributed by atoms with Gasteiger partial charge in [-0.2, -0.15) is 13.1 Å². The highest BCUT2D eigenvalue weighted by atomic mass is 32.2. The van der Waals surface area contributed by atoms with Gasteiger partial charge < -0.3 is 9.90 Å². The minimum Gasteiger partial charge on any atom is -0.506 e. The monoisotopic (exact) mass is 458 g/mol. The molecule has 0 radical (unpaired) electrons. The molecule has 2 aromatic carbocycles. The Hall–Kier alpha value is -2.38. The summed E-state index contributed by atoms with van der Waals surface area (Å²) in [6, 6.07) is 13.0. The van der Waals surface area contributed by atoms with Crippen LogP contribution in [-0.2, 0) is 34.3 Å². The normalized spacial score (nSPS) is 17.5. The van der Waals surface area contributed by atoms with Gasteiger partial charge in [-0.3, -0.25) is 4.31 Å². The first-order valence-corrected chi connectivity index (χ1v) is 13.0. The lowest BCUT2D eigenvalue weighted by atomic mass is 10.0. The number of phenols is 1. The number of aryl methyl sites for hydroxylation is 3. The maximum Gasteiger partial charge on any atom is 0.302 e. The van der Waals surface area contributed by atoms with Crippen LogP contribution in [0.15, 0.2) is 42.5 Å². The third kappa shape index (κ3) is 6.56. The Kier molecular flexibility index (Phi) is 8.70. The molecule has 1 aliphatic rings. The van der Waals surface area contributed by atoms with Gasteiger partial charge in [0, 0.05) is 0 Å². The number of unbranched alkanes of at least 4 members (excludes halogenated alkanes) is 5. The molecule has 0 aliphatic carbocycles. The van der Waals surface area contributed by atoms with E-state index in [0.29, 0.717) is 6.29 Å². The van der Waals surface area contributed by atoms with E-state index < -0.39 is 16.3 Å². The van der Waals surface area contributed by atoms with Crippen molar-refractivity contribution in [1.82, 2.24) is 4.72 Å². The molecule has 1 atom stereocenters. The van der Waals surface area contributed by atoms with E-state index in [9.17, 15) is 18.3 Å². The minimum atomic E-state index is -3.82. The zero-order valence-corrected chi connectivity index (χ0v) is 19.6. The summed E-state index contributed by atoms with van der Waals surface area (Å²) in [6.45, 7) is 2.22. The molecule has 0 bridgehead atoms. The van der Waals surface area contributed by atoms with Crippen LogP contribution < -0.4 is 9.03 Å². The number of anilines is 1. The standard InChI is InChI=1S/C25H34N2O4S/c1-2-3-4-5-6-7-8-20-9-11-21(12-10-20)13-14-22-15-16-24(25(29)17-22)27-18-23(19-28)26-32(27,30)31/h9-12,15-17,19,23,26,29H,2-8,13-14,18H2,1H3. The lowest BCUT2D eigenvalue weighted by Gasteiger charge is -2.17. The molecule has 1 saturated heterocycles. The second kappa shape index (κ2) is 11.5. The number of carbonyl (C=O) groups is 1. The van der Waals surface area contributed by atoms with Gasteiger partial charge in [-0.25, -0.2) is 0 Å². The number of phenolic OH excluding ortho intramolecular Hbond substituents is 1. The molecule has 2 aromatic rings. The molecular weight excluding hydrogens is 424 g/mol. The third-order valence-corrected chi connectivity index (χ3v) is 7.50. The summed E-state index contributed by atoms with van der Waals surface area (Å²) in [5.41, 5.74) is 3.73. The van der Waals surface area contributed by atoms with Gasteiger partial charge in [0.15, 0.2) is 0 Å². The smallest absolute Gasteiger partial charge is 0.302 e. The van der Waals surface area contributed by atoms with Crippen molar-refractivity contribution < 1.29 is 18.3 Å². The van der Waals surface area contributed by atoms with Gasteiger partial charge in [0.05, 0.1) is 18.3 Å². The summed E-state index contributed by atoms with van der Waals surface area (Å²) in [5, 5.41) is 10.4. The van der Waals surface area contributed by atoms with Crippen molar-refractivity contribution >= 4 is 22.2 Å². The number of aldehydes is 1. The van der Waals surface area contributed by atoms with Crippen LogP contribution in [0.1, 0.15) is 62.1 Å². The first-order valence-electron chi connectivity index (χ1n) is 11.6. The quantitative estimate of drug-likeness (QED) is 0.367. The van der Waals surface area contributed by atoms with Crippen LogP contribution >= 0.6 is 0 Å². The number of hydrogen-bond acceptors (Lipinski definition) is 4. The molecule has 1 aliphatic heterocycles. The van der Waals surface area contributed by atoms with E-state index in [0.717, 1.165) is 29.1 Å². The van der Waals surface area contributed by atoms with Crippen molar-refractivity contribution in [2.45, 2.75) is 70.8 Å². The molecule has 32 heavy (non-hydrogen) atoms. The van der Waals surface area contributed by atoms with Crippen molar-refractivity contribution in [1.29, 1.82) is 0 Å². The highest BCUT2D eigenvalue weighted by Crippen LogP contribution is 2.32. The van der Waals surface area contributed by atoms with E-state index in [1.54, 1.807) is 12.1 Å². The van der Waals surface area contributed by atoms with E-state index in [1.807, 2.05) is 6.07 Å². The zero-order valence-electron chi connectivity index (χ0n) is 18.8. The molecule has 1 unspecified atom stereocenters. The van der Waals surface area contributed by atoms with Crippen molar-refractivity contribution in [3.63, 3.8) is 0 Å². The SMILES string of the molecule is CCCCCCCCc1ccc(CCc2ccc(N3CC(C=O)NS3(=O)=O)c(O)c2)cc1. The molecule has 174 valence electrons. The second-order valence-corrected chi connectivity index (χ2v) is 10.2. The average Bonchev–Trinajstić information content (AvgIpc) is 3.09. The number of carbonyl (C=O) groups excluding carboxylic acids is 1. The highest BCUT2D eigenvalue weighted by Gasteiger charge is 2.36. The van der Waals surface area contributed by atoms with Crippen LogP contribution in [0, 0.1) is 0 Å². The van der Waals surface area contributed by atoms with Crippen LogP contribution in [0.2, 0.25) is 0 Å². The maximum atomic E-state index is 12.2. The van der Waals surface area contributed by atoms with Crippen LogP contribution in [0.4, 0.5) is 5.69 Å². The molecule has 7 heteroatoms. The van der Waals surface area contributed by atoms with Crippen LogP contribution in [-0.4, -0.2) is 32.4 Å². The molecule has 3 rings (SSSR count). The lowest BCUT2D eigenvalue weighted by molar-refractivity contribution is -0.108. The van der Waals surface area contributed by atoms with Crippen LogP contribution in [0.5, 0.6) is 5.75 Å². The number of aromatic hydroxyl groups is 1. The van der Waals surface area contributed by atoms with Crippen LogP contribution in [0.3, 0.4) is 0 Å². The maximum absolute atomic E-state index is 12.2. The van der Waals surface area contributed by atoms with E-state index in [4.69, 9.17) is 0 Å². The molecule has 0 saturated carbocycles. The number of rotatable bonds is 12. The highest BCUT2D eigenvalue weighted by molar-refractivity contribution is 7.91. The molecule has 0 spiro atoms. The topological polar surface area (TPSA) is 86.7 Å². The van der Waals surface area contributed by atoms with Gasteiger partial charge in [-0.1, -0.05) is 69.4 Å². The Bertz CT molecular complexity index is 990. The fraction of sp³-hybridized carbons (Fsp3) is 0.480. The van der Waals surface area contributed by atoms with Crippen molar-refractivity contribution in [3.8, 4) is 5.75 Å². The number of nitrogens with one attached hydrogen (secondary N) is 1. The van der Waals surface area contributed by atoms with Crippen LogP contribution in [0.25, 0.3) is 0 Å². The predicted octanol–water partition coefficient (Wildman–Crippen LogP) is 4.30. The molecular formula is C25H34N2O4S. The Balaban J connectivity index is 1.51. The summed E-state index contributed by atoms with van der Waals surface area (Å²) in [7, 11) is -3.82. The minimum absolute atomic E-state index is 0.0240. The van der Waals surface area contributed by atoms with Gasteiger partial charge in [0.25, 0.3) is 0 Å². The Morgan fingerprint density at radius 2 is 1.53 bits per heavy atom. The summed E-state index contributed by atoms with van der Waals surface area (Å²) < 4.78 is 27.7. The average molecular weight is 459 g/mol. The van der Waals surface area contributed by atoms with Crippen molar-refractivity contribution in [2.75, 3.05) is 10.8 Å². The number of nitrogens with zero attached hydrogens (tertiary/aromatic N) is 1. The lowest BCUT2D eigenvalue weighted by Crippen LogP contribution is -2.30. The summed E-state index contributed by atoms with van der Waals surface area (Å²) >= 11 is 0. The van der Waals surface area contributed by atoms with Gasteiger partial charge >= 0.3 is 10.2 Å². The first kappa shape index (κ1) is 24.3. The summed E-state index contributed by atoms with van der Waals surface area (Å²) in [4.78, 5) is 10.9. The molecule has 1 heterocycles. The number of hydrogen-bond donors (Lipinski definition) is 2. The molecule has 2 N–H and O–H groups in total.